The molecule has 0 saturated heterocycles. The van der Waals surface area contributed by atoms with E-state index in [1.54, 1.807) is 30.8 Å². The molecule has 0 spiro atoms. The number of benzene rings is 1. The lowest BCUT2D eigenvalue weighted by molar-refractivity contribution is -0.117. The molecular weight excluding hydrogens is 262 g/mol. The van der Waals surface area contributed by atoms with Gasteiger partial charge in [-0.2, -0.15) is 10.4 Å². The maximum absolute atomic E-state index is 11.9. The van der Waals surface area contributed by atoms with Crippen molar-refractivity contribution in [3.05, 3.63) is 59.4 Å². The zero-order valence-corrected chi connectivity index (χ0v) is 12.2. The average molecular weight is 279 g/mol. The molecule has 2 rings (SSSR count). The van der Waals surface area contributed by atoms with E-state index in [4.69, 9.17) is 5.26 Å². The maximum Gasteiger partial charge on any atom is 0.175 e. The minimum absolute atomic E-state index is 0.145. The highest BCUT2D eigenvalue weighted by Crippen LogP contribution is 2.11. The molecule has 0 radical (unpaired) electrons. The molecule has 4 nitrogen and oxygen atoms in total. The lowest BCUT2D eigenvalue weighted by Gasteiger charge is -2.01. The van der Waals surface area contributed by atoms with E-state index in [1.165, 1.54) is 0 Å². The zero-order valence-electron chi connectivity index (χ0n) is 12.2. The molecule has 0 atom stereocenters. The summed E-state index contributed by atoms with van der Waals surface area (Å²) in [4.78, 5) is 11.9. The number of hydrogen-bond acceptors (Lipinski definition) is 3. The van der Waals surface area contributed by atoms with Gasteiger partial charge in [-0.05, 0) is 11.6 Å². The van der Waals surface area contributed by atoms with Crippen LogP contribution in [0.1, 0.15) is 25.0 Å². The second-order valence-corrected chi connectivity index (χ2v) is 5.15. The number of ketones is 1. The first kappa shape index (κ1) is 14.7. The van der Waals surface area contributed by atoms with Gasteiger partial charge in [0.25, 0.3) is 0 Å². The van der Waals surface area contributed by atoms with Gasteiger partial charge in [-0.15, -0.1) is 0 Å². The van der Waals surface area contributed by atoms with E-state index >= 15 is 0 Å². The van der Waals surface area contributed by atoms with Crippen molar-refractivity contribution in [3.8, 4) is 6.07 Å². The molecule has 2 aromatic rings. The Morgan fingerprint density at radius 1 is 1.38 bits per heavy atom. The number of carbonyl (C=O) groups is 1. The number of hydrogen-bond donors (Lipinski definition) is 0. The van der Waals surface area contributed by atoms with Gasteiger partial charge >= 0.3 is 0 Å². The van der Waals surface area contributed by atoms with E-state index in [0.29, 0.717) is 6.54 Å². The molecule has 1 aromatic carbocycles. The van der Waals surface area contributed by atoms with Crippen molar-refractivity contribution < 1.29 is 4.79 Å². The summed E-state index contributed by atoms with van der Waals surface area (Å²) in [7, 11) is 0. The summed E-state index contributed by atoms with van der Waals surface area (Å²) in [5.74, 6) is -0.330. The summed E-state index contributed by atoms with van der Waals surface area (Å²) >= 11 is 0. The number of rotatable bonds is 5. The molecule has 106 valence electrons. The van der Waals surface area contributed by atoms with Gasteiger partial charge in [-0.25, -0.2) is 0 Å². The molecule has 1 aromatic heterocycles. The van der Waals surface area contributed by atoms with Crippen LogP contribution < -0.4 is 0 Å². The first-order chi connectivity index (χ1) is 10.1. The van der Waals surface area contributed by atoms with E-state index in [1.807, 2.05) is 42.6 Å². The second kappa shape index (κ2) is 6.67. The van der Waals surface area contributed by atoms with Crippen LogP contribution in [0.3, 0.4) is 0 Å². The van der Waals surface area contributed by atoms with E-state index in [-0.39, 0.29) is 17.3 Å². The summed E-state index contributed by atoms with van der Waals surface area (Å²) < 4.78 is 1.79. The molecular formula is C17H17N3O. The van der Waals surface area contributed by atoms with Crippen molar-refractivity contribution in [1.82, 2.24) is 9.78 Å². The van der Waals surface area contributed by atoms with Gasteiger partial charge in [0.05, 0.1) is 18.3 Å². The lowest BCUT2D eigenvalue weighted by atomic mass is 10.0. The van der Waals surface area contributed by atoms with Gasteiger partial charge in [0, 0.05) is 17.7 Å². The maximum atomic E-state index is 11.9. The van der Waals surface area contributed by atoms with Gasteiger partial charge < -0.3 is 0 Å². The van der Waals surface area contributed by atoms with Crippen molar-refractivity contribution in [3.63, 3.8) is 0 Å². The standard InChI is InChI=1S/C17H17N3O/c1-13(2)17(21)16(9-18)8-15-10-19-20(12-15)11-14-6-4-3-5-7-14/h3-8,10,12-13H,11H2,1-2H3/b16-8-. The van der Waals surface area contributed by atoms with Gasteiger partial charge in [0.15, 0.2) is 5.78 Å². The fourth-order valence-electron chi connectivity index (χ4n) is 1.95. The van der Waals surface area contributed by atoms with Crippen LogP contribution in [0.4, 0.5) is 0 Å². The van der Waals surface area contributed by atoms with E-state index < -0.39 is 0 Å². The average Bonchev–Trinajstić information content (AvgIpc) is 2.92. The predicted molar refractivity (Wildman–Crippen MR) is 81.2 cm³/mol. The SMILES string of the molecule is CC(C)C(=O)/C(C#N)=C\c1cnn(Cc2ccccc2)c1. The topological polar surface area (TPSA) is 58.7 Å². The summed E-state index contributed by atoms with van der Waals surface area (Å²) in [6.45, 7) is 4.23. The van der Waals surface area contributed by atoms with Gasteiger partial charge in [-0.3, -0.25) is 9.48 Å². The minimum atomic E-state index is -0.185. The van der Waals surface area contributed by atoms with Crippen LogP contribution in [0.5, 0.6) is 0 Å². The Kier molecular flexibility index (Phi) is 4.68. The van der Waals surface area contributed by atoms with Gasteiger partial charge in [0.1, 0.15) is 6.07 Å². The van der Waals surface area contributed by atoms with Crippen LogP contribution in [-0.4, -0.2) is 15.6 Å². The van der Waals surface area contributed by atoms with Crippen LogP contribution in [0.15, 0.2) is 48.3 Å². The van der Waals surface area contributed by atoms with Crippen LogP contribution in [0.2, 0.25) is 0 Å². The molecule has 4 heteroatoms. The third-order valence-electron chi connectivity index (χ3n) is 3.06. The summed E-state index contributed by atoms with van der Waals surface area (Å²) in [5, 5.41) is 13.3. The molecule has 0 amide bonds. The zero-order chi connectivity index (χ0) is 15.2. The monoisotopic (exact) mass is 279 g/mol. The Morgan fingerprint density at radius 2 is 2.10 bits per heavy atom. The number of nitrogens with zero attached hydrogens (tertiary/aromatic N) is 3. The van der Waals surface area contributed by atoms with Crippen LogP contribution >= 0.6 is 0 Å². The smallest absolute Gasteiger partial charge is 0.175 e. The highest BCUT2D eigenvalue weighted by Gasteiger charge is 2.13. The van der Waals surface area contributed by atoms with Crippen molar-refractivity contribution in [1.29, 1.82) is 5.26 Å². The largest absolute Gasteiger partial charge is 0.293 e. The van der Waals surface area contributed by atoms with Gasteiger partial charge in [0.2, 0.25) is 0 Å². The molecule has 0 saturated carbocycles. The summed E-state index contributed by atoms with van der Waals surface area (Å²) in [5.41, 5.74) is 2.08. The molecule has 1 heterocycles. The fraction of sp³-hybridized carbons (Fsp3) is 0.235. The van der Waals surface area contributed by atoms with E-state index in [2.05, 4.69) is 5.10 Å². The predicted octanol–water partition coefficient (Wildman–Crippen LogP) is 3.06. The Hall–Kier alpha value is -2.67. The third kappa shape index (κ3) is 3.90. The Bertz CT molecular complexity index is 690. The first-order valence-corrected chi connectivity index (χ1v) is 6.82. The van der Waals surface area contributed by atoms with E-state index in [9.17, 15) is 4.79 Å². The quantitative estimate of drug-likeness (QED) is 0.624. The van der Waals surface area contributed by atoms with Crippen LogP contribution in [0.25, 0.3) is 6.08 Å². The number of Topliss-reactive ketones (excluding diaryl/α,β-unsaturated/α-hetero) is 1. The van der Waals surface area contributed by atoms with Crippen molar-refractivity contribution in [2.75, 3.05) is 0 Å². The molecule has 0 aliphatic heterocycles. The number of allylic oxidation sites excluding steroid dienone is 1. The number of carbonyl (C=O) groups excluding carboxylic acids is 1. The third-order valence-corrected chi connectivity index (χ3v) is 3.06. The van der Waals surface area contributed by atoms with Gasteiger partial charge in [-0.1, -0.05) is 44.2 Å². The fourth-order valence-corrected chi connectivity index (χ4v) is 1.95. The number of aromatic nitrogens is 2. The summed E-state index contributed by atoms with van der Waals surface area (Å²) in [6.07, 6.45) is 5.09. The molecule has 0 aliphatic carbocycles. The van der Waals surface area contributed by atoms with Crippen molar-refractivity contribution >= 4 is 11.9 Å². The minimum Gasteiger partial charge on any atom is -0.293 e. The highest BCUT2D eigenvalue weighted by atomic mass is 16.1. The number of nitriles is 1. The normalized spacial score (nSPS) is 11.4. The first-order valence-electron chi connectivity index (χ1n) is 6.82. The highest BCUT2D eigenvalue weighted by molar-refractivity contribution is 6.04. The second-order valence-electron chi connectivity index (χ2n) is 5.15. The molecule has 0 aliphatic rings. The van der Waals surface area contributed by atoms with Crippen molar-refractivity contribution in [2.45, 2.75) is 20.4 Å². The molecule has 21 heavy (non-hydrogen) atoms. The van der Waals surface area contributed by atoms with Crippen molar-refractivity contribution in [2.24, 2.45) is 5.92 Å². The Morgan fingerprint density at radius 3 is 2.71 bits per heavy atom. The Balaban J connectivity index is 2.16. The van der Waals surface area contributed by atoms with Crippen LogP contribution in [0, 0.1) is 17.2 Å². The molecule has 0 fully saturated rings. The van der Waals surface area contributed by atoms with E-state index in [0.717, 1.165) is 11.1 Å². The van der Waals surface area contributed by atoms with Crippen LogP contribution in [-0.2, 0) is 11.3 Å². The lowest BCUT2D eigenvalue weighted by Crippen LogP contribution is -2.08. The molecule has 0 bridgehead atoms. The molecule has 0 unspecified atom stereocenters. The molecule has 0 N–H and O–H groups in total. The summed E-state index contributed by atoms with van der Waals surface area (Å²) in [6, 6.07) is 12.0. The Labute approximate surface area is 124 Å².